The van der Waals surface area contributed by atoms with Crippen LogP contribution >= 0.6 is 0 Å². The quantitative estimate of drug-likeness (QED) is 0.790. The lowest BCUT2D eigenvalue weighted by Gasteiger charge is -2.05. The summed E-state index contributed by atoms with van der Waals surface area (Å²) in [6.07, 6.45) is 0. The largest absolute Gasteiger partial charge is 0.507 e. The van der Waals surface area contributed by atoms with Crippen molar-refractivity contribution < 1.29 is 10.2 Å². The van der Waals surface area contributed by atoms with Crippen LogP contribution in [0.5, 0.6) is 11.5 Å². The van der Waals surface area contributed by atoms with Gasteiger partial charge in [0.05, 0.1) is 0 Å². The van der Waals surface area contributed by atoms with E-state index in [2.05, 4.69) is 4.99 Å². The maximum absolute atomic E-state index is 9.74. The predicted molar refractivity (Wildman–Crippen MR) is 72.8 cm³/mol. The molecule has 18 heavy (non-hydrogen) atoms. The Labute approximate surface area is 106 Å². The molecule has 0 saturated heterocycles. The Kier molecular flexibility index (Phi) is 3.33. The zero-order chi connectivity index (χ0) is 13.1. The first-order valence-corrected chi connectivity index (χ1v) is 5.71. The van der Waals surface area contributed by atoms with Crippen LogP contribution in [0.4, 0.5) is 5.69 Å². The van der Waals surface area contributed by atoms with Crippen LogP contribution < -0.4 is 0 Å². The molecule has 3 heteroatoms. The molecule has 0 aliphatic carbocycles. The van der Waals surface area contributed by atoms with Crippen molar-refractivity contribution in [2.45, 2.75) is 13.8 Å². The minimum Gasteiger partial charge on any atom is -0.507 e. The number of aromatic hydroxyl groups is 2. The van der Waals surface area contributed by atoms with E-state index in [0.717, 1.165) is 5.56 Å². The van der Waals surface area contributed by atoms with Crippen molar-refractivity contribution in [3.8, 4) is 11.5 Å². The van der Waals surface area contributed by atoms with Gasteiger partial charge in [-0.15, -0.1) is 0 Å². The van der Waals surface area contributed by atoms with Crippen LogP contribution in [-0.2, 0) is 0 Å². The molecule has 0 radical (unpaired) electrons. The third-order valence-corrected chi connectivity index (χ3v) is 2.71. The number of phenolic OH excluding ortho intramolecular Hbond substituents is 2. The van der Waals surface area contributed by atoms with Crippen LogP contribution in [0, 0.1) is 6.92 Å². The van der Waals surface area contributed by atoms with Gasteiger partial charge in [-0.25, -0.2) is 4.99 Å². The number of aryl methyl sites for hydroxylation is 1. The third kappa shape index (κ3) is 2.51. The molecule has 0 saturated carbocycles. The summed E-state index contributed by atoms with van der Waals surface area (Å²) in [5, 5.41) is 19.5. The van der Waals surface area contributed by atoms with Gasteiger partial charge in [0.2, 0.25) is 0 Å². The molecule has 0 atom stereocenters. The fraction of sp³-hybridized carbons (Fsp3) is 0.133. The standard InChI is InChI=1S/C15H15NO2/c1-10-7-8-15(18)13(9-10)16-11(2)12-5-3-4-6-14(12)17/h3-9,17-18H,1-2H3. The van der Waals surface area contributed by atoms with Gasteiger partial charge in [0.1, 0.15) is 17.2 Å². The highest BCUT2D eigenvalue weighted by molar-refractivity contribution is 6.02. The van der Waals surface area contributed by atoms with Gasteiger partial charge < -0.3 is 10.2 Å². The number of rotatable bonds is 2. The molecule has 2 rings (SSSR count). The molecule has 3 nitrogen and oxygen atoms in total. The van der Waals surface area contributed by atoms with Crippen molar-refractivity contribution in [3.05, 3.63) is 53.6 Å². The molecule has 92 valence electrons. The molecular weight excluding hydrogens is 226 g/mol. The first-order chi connectivity index (χ1) is 8.58. The van der Waals surface area contributed by atoms with E-state index in [1.807, 2.05) is 19.1 Å². The third-order valence-electron chi connectivity index (χ3n) is 2.71. The lowest BCUT2D eigenvalue weighted by Crippen LogP contribution is -1.94. The van der Waals surface area contributed by atoms with Crippen molar-refractivity contribution in [2.24, 2.45) is 4.99 Å². The number of hydrogen-bond donors (Lipinski definition) is 2. The molecule has 0 aliphatic rings. The van der Waals surface area contributed by atoms with Crippen LogP contribution in [0.25, 0.3) is 0 Å². The molecule has 0 spiro atoms. The summed E-state index contributed by atoms with van der Waals surface area (Å²) in [6, 6.07) is 12.3. The maximum Gasteiger partial charge on any atom is 0.141 e. The average Bonchev–Trinajstić information content (AvgIpc) is 2.34. The monoisotopic (exact) mass is 241 g/mol. The Morgan fingerprint density at radius 3 is 2.44 bits per heavy atom. The lowest BCUT2D eigenvalue weighted by atomic mass is 10.1. The van der Waals surface area contributed by atoms with E-state index in [9.17, 15) is 10.2 Å². The van der Waals surface area contributed by atoms with Crippen molar-refractivity contribution in [2.75, 3.05) is 0 Å². The minimum absolute atomic E-state index is 0.135. The van der Waals surface area contributed by atoms with Crippen molar-refractivity contribution in [3.63, 3.8) is 0 Å². The minimum atomic E-state index is 0.135. The van der Waals surface area contributed by atoms with E-state index in [-0.39, 0.29) is 11.5 Å². The van der Waals surface area contributed by atoms with Crippen LogP contribution in [0.3, 0.4) is 0 Å². The summed E-state index contributed by atoms with van der Waals surface area (Å²) in [6.45, 7) is 3.74. The first-order valence-electron chi connectivity index (χ1n) is 5.71. The molecular formula is C15H15NO2. The second kappa shape index (κ2) is 4.92. The first kappa shape index (κ1) is 12.2. The van der Waals surface area contributed by atoms with Crippen LogP contribution in [-0.4, -0.2) is 15.9 Å². The molecule has 0 heterocycles. The van der Waals surface area contributed by atoms with Gasteiger partial charge in [0.25, 0.3) is 0 Å². The van der Waals surface area contributed by atoms with Gasteiger partial charge in [-0.1, -0.05) is 18.2 Å². The average molecular weight is 241 g/mol. The number of phenols is 2. The SMILES string of the molecule is CC(=Nc1cc(C)ccc1O)c1ccccc1O. The van der Waals surface area contributed by atoms with Gasteiger partial charge in [0, 0.05) is 11.3 Å². The Morgan fingerprint density at radius 2 is 1.72 bits per heavy atom. The predicted octanol–water partition coefficient (Wildman–Crippen LogP) is 3.55. The van der Waals surface area contributed by atoms with Gasteiger partial charge in [-0.3, -0.25) is 0 Å². The van der Waals surface area contributed by atoms with E-state index in [1.54, 1.807) is 37.3 Å². The summed E-state index contributed by atoms with van der Waals surface area (Å²) < 4.78 is 0. The number of nitrogens with zero attached hydrogens (tertiary/aromatic N) is 1. The van der Waals surface area contributed by atoms with Crippen LogP contribution in [0.1, 0.15) is 18.1 Å². The fourth-order valence-electron chi connectivity index (χ4n) is 1.74. The Bertz CT molecular complexity index is 603. The highest BCUT2D eigenvalue weighted by Gasteiger charge is 2.05. The van der Waals surface area contributed by atoms with Crippen molar-refractivity contribution >= 4 is 11.4 Å². The van der Waals surface area contributed by atoms with Crippen LogP contribution in [0.2, 0.25) is 0 Å². The second-order valence-corrected chi connectivity index (χ2v) is 4.21. The Hall–Kier alpha value is -2.29. The smallest absolute Gasteiger partial charge is 0.141 e. The Morgan fingerprint density at radius 1 is 1.00 bits per heavy atom. The summed E-state index contributed by atoms with van der Waals surface area (Å²) >= 11 is 0. The number of benzene rings is 2. The molecule has 0 amide bonds. The molecule has 0 aliphatic heterocycles. The summed E-state index contributed by atoms with van der Waals surface area (Å²) in [4.78, 5) is 4.36. The van der Waals surface area contributed by atoms with Gasteiger partial charge in [-0.2, -0.15) is 0 Å². The highest BCUT2D eigenvalue weighted by atomic mass is 16.3. The maximum atomic E-state index is 9.74. The van der Waals surface area contributed by atoms with E-state index < -0.39 is 0 Å². The zero-order valence-electron chi connectivity index (χ0n) is 10.4. The molecule has 2 aromatic rings. The molecule has 0 bridgehead atoms. The normalized spacial score (nSPS) is 11.6. The molecule has 0 aromatic heterocycles. The second-order valence-electron chi connectivity index (χ2n) is 4.21. The van der Waals surface area contributed by atoms with Crippen molar-refractivity contribution in [1.82, 2.24) is 0 Å². The Balaban J connectivity index is 2.45. The van der Waals surface area contributed by atoms with Gasteiger partial charge in [0.15, 0.2) is 0 Å². The number of hydrogen-bond acceptors (Lipinski definition) is 3. The summed E-state index contributed by atoms with van der Waals surface area (Å²) in [7, 11) is 0. The van der Waals surface area contributed by atoms with Crippen molar-refractivity contribution in [1.29, 1.82) is 0 Å². The zero-order valence-corrected chi connectivity index (χ0v) is 10.4. The van der Waals surface area contributed by atoms with Crippen LogP contribution in [0.15, 0.2) is 47.5 Å². The fourth-order valence-corrected chi connectivity index (χ4v) is 1.74. The molecule has 0 unspecified atom stereocenters. The van der Waals surface area contributed by atoms with Gasteiger partial charge in [-0.05, 0) is 43.7 Å². The van der Waals surface area contributed by atoms with E-state index >= 15 is 0 Å². The van der Waals surface area contributed by atoms with E-state index in [4.69, 9.17) is 0 Å². The topological polar surface area (TPSA) is 52.8 Å². The summed E-state index contributed by atoms with van der Waals surface area (Å²) in [5.41, 5.74) is 2.86. The molecule has 2 aromatic carbocycles. The number of para-hydroxylation sites is 1. The lowest BCUT2D eigenvalue weighted by molar-refractivity contribution is 0.473. The van der Waals surface area contributed by atoms with E-state index in [0.29, 0.717) is 17.0 Å². The summed E-state index contributed by atoms with van der Waals surface area (Å²) in [5.74, 6) is 0.321. The number of aliphatic imine (C=N–C) groups is 1. The molecule has 0 fully saturated rings. The highest BCUT2D eigenvalue weighted by Crippen LogP contribution is 2.28. The van der Waals surface area contributed by atoms with Gasteiger partial charge >= 0.3 is 0 Å². The molecule has 2 N–H and O–H groups in total. The van der Waals surface area contributed by atoms with E-state index in [1.165, 1.54) is 0 Å².